The Bertz CT molecular complexity index is 650. The van der Waals surface area contributed by atoms with Gasteiger partial charge in [-0.25, -0.2) is 8.42 Å². The molecule has 0 aliphatic carbocycles. The minimum Gasteiger partial charge on any atom is -0.480 e. The first-order chi connectivity index (χ1) is 9.77. The van der Waals surface area contributed by atoms with Crippen LogP contribution in [0.3, 0.4) is 0 Å². The van der Waals surface area contributed by atoms with Crippen LogP contribution in [-0.4, -0.2) is 48.5 Å². The molecule has 1 saturated heterocycles. The predicted molar refractivity (Wildman–Crippen MR) is 84.3 cm³/mol. The van der Waals surface area contributed by atoms with E-state index in [1.54, 1.807) is 11.0 Å². The largest absolute Gasteiger partial charge is 0.480 e. The quantitative estimate of drug-likeness (QED) is 0.825. The maximum atomic E-state index is 11.6. The maximum absolute atomic E-state index is 11.6. The molecule has 0 radical (unpaired) electrons. The van der Waals surface area contributed by atoms with Crippen LogP contribution in [0, 0.1) is 0 Å². The van der Waals surface area contributed by atoms with Crippen LogP contribution in [0.2, 0.25) is 5.02 Å². The standard InChI is InChI=1S/C13H15BrClNO4S/c14-10-2-1-9(12(15)5-10)6-16(7-13(17)18)11-3-4-21(19,20)8-11/h1-2,5,11H,3-4,6-8H2,(H,17,18). The smallest absolute Gasteiger partial charge is 0.317 e. The molecular weight excluding hydrogens is 382 g/mol. The number of carboxylic acid groups (broad SMARTS) is 1. The van der Waals surface area contributed by atoms with E-state index in [9.17, 15) is 13.2 Å². The van der Waals surface area contributed by atoms with Gasteiger partial charge >= 0.3 is 5.97 Å². The molecule has 116 valence electrons. The summed E-state index contributed by atoms with van der Waals surface area (Å²) in [5.74, 6) is -0.858. The molecule has 1 atom stereocenters. The molecule has 1 N–H and O–H groups in total. The van der Waals surface area contributed by atoms with Gasteiger partial charge in [-0.15, -0.1) is 0 Å². The van der Waals surface area contributed by atoms with Crippen molar-refractivity contribution in [3.05, 3.63) is 33.3 Å². The van der Waals surface area contributed by atoms with Crippen LogP contribution in [0.15, 0.2) is 22.7 Å². The van der Waals surface area contributed by atoms with E-state index in [0.29, 0.717) is 18.0 Å². The lowest BCUT2D eigenvalue weighted by atomic mass is 10.1. The average molecular weight is 397 g/mol. The van der Waals surface area contributed by atoms with Crippen LogP contribution < -0.4 is 0 Å². The number of nitrogens with zero attached hydrogens (tertiary/aromatic N) is 1. The molecule has 8 heteroatoms. The van der Waals surface area contributed by atoms with E-state index in [2.05, 4.69) is 15.9 Å². The fourth-order valence-electron chi connectivity index (χ4n) is 2.42. The van der Waals surface area contributed by atoms with Crippen LogP contribution in [0.1, 0.15) is 12.0 Å². The minimum atomic E-state index is -3.06. The maximum Gasteiger partial charge on any atom is 0.317 e. The molecule has 0 spiro atoms. The summed E-state index contributed by atoms with van der Waals surface area (Å²) in [6, 6.07) is 5.10. The fourth-order valence-corrected chi connectivity index (χ4v) is 4.91. The molecule has 5 nitrogen and oxygen atoms in total. The highest BCUT2D eigenvalue weighted by Crippen LogP contribution is 2.25. The first kappa shape index (κ1) is 16.7. The molecule has 1 aromatic carbocycles. The summed E-state index contributed by atoms with van der Waals surface area (Å²) in [4.78, 5) is 12.7. The third kappa shape index (κ3) is 4.67. The summed E-state index contributed by atoms with van der Waals surface area (Å²) in [6.45, 7) is 0.116. The molecule has 0 aromatic heterocycles. The van der Waals surface area contributed by atoms with Crippen LogP contribution >= 0.6 is 27.5 Å². The van der Waals surface area contributed by atoms with Gasteiger partial charge in [-0.1, -0.05) is 33.6 Å². The Hall–Kier alpha value is -0.630. The lowest BCUT2D eigenvalue weighted by Crippen LogP contribution is -2.39. The van der Waals surface area contributed by atoms with E-state index in [0.717, 1.165) is 10.0 Å². The van der Waals surface area contributed by atoms with Gasteiger partial charge in [0.1, 0.15) is 0 Å². The van der Waals surface area contributed by atoms with E-state index in [-0.39, 0.29) is 24.1 Å². The molecule has 0 amide bonds. The van der Waals surface area contributed by atoms with Gasteiger partial charge in [0.15, 0.2) is 9.84 Å². The van der Waals surface area contributed by atoms with E-state index in [1.165, 1.54) is 0 Å². The summed E-state index contributed by atoms with van der Waals surface area (Å²) in [5.41, 5.74) is 0.783. The lowest BCUT2D eigenvalue weighted by Gasteiger charge is -2.26. The topological polar surface area (TPSA) is 74.7 Å². The van der Waals surface area contributed by atoms with Crippen LogP contribution in [0.25, 0.3) is 0 Å². The second-order valence-corrected chi connectivity index (χ2v) is 8.64. The highest BCUT2D eigenvalue weighted by atomic mass is 79.9. The first-order valence-electron chi connectivity index (χ1n) is 6.37. The highest BCUT2D eigenvalue weighted by molar-refractivity contribution is 9.10. The van der Waals surface area contributed by atoms with Gasteiger partial charge in [-0.3, -0.25) is 9.69 Å². The highest BCUT2D eigenvalue weighted by Gasteiger charge is 2.33. The number of benzene rings is 1. The molecule has 1 unspecified atom stereocenters. The molecule has 1 heterocycles. The Morgan fingerprint density at radius 2 is 2.19 bits per heavy atom. The Morgan fingerprint density at radius 1 is 1.48 bits per heavy atom. The number of sulfone groups is 1. The zero-order chi connectivity index (χ0) is 15.6. The van der Waals surface area contributed by atoms with Crippen molar-refractivity contribution in [2.24, 2.45) is 0 Å². The van der Waals surface area contributed by atoms with Gasteiger partial charge < -0.3 is 5.11 Å². The van der Waals surface area contributed by atoms with E-state index in [1.807, 2.05) is 12.1 Å². The Kier molecular flexibility index (Phi) is 5.29. The number of aliphatic carboxylic acids is 1. The summed E-state index contributed by atoms with van der Waals surface area (Å²) >= 11 is 9.46. The summed E-state index contributed by atoms with van der Waals surface area (Å²) in [6.07, 6.45) is 0.462. The zero-order valence-electron chi connectivity index (χ0n) is 11.1. The number of rotatable bonds is 5. The van der Waals surface area contributed by atoms with E-state index in [4.69, 9.17) is 16.7 Å². The van der Waals surface area contributed by atoms with Gasteiger partial charge in [0.05, 0.1) is 18.1 Å². The van der Waals surface area contributed by atoms with Gasteiger partial charge in [0.2, 0.25) is 0 Å². The molecule has 1 aliphatic heterocycles. The summed E-state index contributed by atoms with van der Waals surface area (Å²) in [5, 5.41) is 9.56. The second-order valence-electron chi connectivity index (χ2n) is 5.09. The van der Waals surface area contributed by atoms with Crippen LogP contribution in [0.5, 0.6) is 0 Å². The Labute approximate surface area is 136 Å². The van der Waals surface area contributed by atoms with E-state index >= 15 is 0 Å². The predicted octanol–water partition coefficient (Wildman–Crippen LogP) is 2.18. The third-order valence-corrected chi connectivity index (χ3v) is 6.05. The SMILES string of the molecule is O=C(O)CN(Cc1ccc(Br)cc1Cl)C1CCS(=O)(=O)C1. The fraction of sp³-hybridized carbons (Fsp3) is 0.462. The summed E-state index contributed by atoms with van der Waals surface area (Å²) < 4.78 is 24.0. The molecule has 2 rings (SSSR count). The number of carboxylic acids is 1. The normalized spacial score (nSPS) is 20.8. The molecule has 0 saturated carbocycles. The van der Waals surface area contributed by atoms with Crippen molar-refractivity contribution in [3.63, 3.8) is 0 Å². The third-order valence-electron chi connectivity index (χ3n) is 3.45. The number of hydrogen-bond donors (Lipinski definition) is 1. The minimum absolute atomic E-state index is 0.00836. The average Bonchev–Trinajstić information content (AvgIpc) is 2.71. The van der Waals surface area contributed by atoms with Gasteiger partial charge in [-0.2, -0.15) is 0 Å². The number of hydrogen-bond acceptors (Lipinski definition) is 4. The lowest BCUT2D eigenvalue weighted by molar-refractivity contribution is -0.139. The van der Waals surface area contributed by atoms with Gasteiger partial charge in [0, 0.05) is 22.1 Å². The van der Waals surface area contributed by atoms with Crippen LogP contribution in [-0.2, 0) is 21.2 Å². The van der Waals surface area contributed by atoms with Crippen molar-refractivity contribution in [1.82, 2.24) is 4.90 Å². The van der Waals surface area contributed by atoms with Crippen molar-refractivity contribution in [3.8, 4) is 0 Å². The van der Waals surface area contributed by atoms with Gasteiger partial charge in [0.25, 0.3) is 0 Å². The first-order valence-corrected chi connectivity index (χ1v) is 9.36. The van der Waals surface area contributed by atoms with Crippen molar-refractivity contribution in [2.45, 2.75) is 19.0 Å². The molecule has 0 bridgehead atoms. The van der Waals surface area contributed by atoms with Crippen molar-refractivity contribution >= 4 is 43.3 Å². The molecule has 1 aliphatic rings. The number of halogens is 2. The van der Waals surface area contributed by atoms with Gasteiger partial charge in [-0.05, 0) is 24.1 Å². The Balaban J connectivity index is 2.18. The second kappa shape index (κ2) is 6.64. The monoisotopic (exact) mass is 395 g/mol. The molecule has 21 heavy (non-hydrogen) atoms. The van der Waals surface area contributed by atoms with Crippen molar-refractivity contribution in [1.29, 1.82) is 0 Å². The molecule has 1 aromatic rings. The molecule has 1 fully saturated rings. The van der Waals surface area contributed by atoms with E-state index < -0.39 is 15.8 Å². The molecular formula is C13H15BrClNO4S. The van der Waals surface area contributed by atoms with Crippen LogP contribution in [0.4, 0.5) is 0 Å². The summed E-state index contributed by atoms with van der Waals surface area (Å²) in [7, 11) is -3.06. The number of carbonyl (C=O) groups is 1. The zero-order valence-corrected chi connectivity index (χ0v) is 14.3. The Morgan fingerprint density at radius 3 is 2.71 bits per heavy atom. The van der Waals surface area contributed by atoms with Crippen molar-refractivity contribution < 1.29 is 18.3 Å². The van der Waals surface area contributed by atoms with Crippen molar-refractivity contribution in [2.75, 3.05) is 18.1 Å².